The van der Waals surface area contributed by atoms with Gasteiger partial charge in [0.1, 0.15) is 17.1 Å². The average Bonchev–Trinajstić information content (AvgIpc) is 3.15. The topological polar surface area (TPSA) is 43.6 Å². The van der Waals surface area contributed by atoms with Gasteiger partial charge in [-0.1, -0.05) is 11.6 Å². The lowest BCUT2D eigenvalue weighted by molar-refractivity contribution is 0.0474. The number of rotatable bonds is 3. The number of carbonyl (C=O) groups is 1. The summed E-state index contributed by atoms with van der Waals surface area (Å²) in [6, 6.07) is 5.61. The van der Waals surface area contributed by atoms with E-state index in [1.807, 2.05) is 22.7 Å². The standard InChI is InChI=1S/C17H15ClN2O2S/c18-12-5-6-16-19-13(9-20(16)8-12)10-22-17(21)15-7-11-3-1-2-4-14(11)23-15/h5-9H,1-4,10H2. The van der Waals surface area contributed by atoms with Crippen molar-refractivity contribution < 1.29 is 9.53 Å². The van der Waals surface area contributed by atoms with Crippen LogP contribution in [0.1, 0.15) is 38.6 Å². The van der Waals surface area contributed by atoms with Crippen LogP contribution in [0, 0.1) is 0 Å². The number of hydrogen-bond donors (Lipinski definition) is 0. The number of aromatic nitrogens is 2. The summed E-state index contributed by atoms with van der Waals surface area (Å²) in [5.41, 5.74) is 2.81. The van der Waals surface area contributed by atoms with Gasteiger partial charge in [0.25, 0.3) is 0 Å². The number of aryl methyl sites for hydroxylation is 2. The van der Waals surface area contributed by atoms with Crippen LogP contribution in [0.4, 0.5) is 0 Å². The van der Waals surface area contributed by atoms with Crippen LogP contribution < -0.4 is 0 Å². The van der Waals surface area contributed by atoms with Crippen LogP contribution >= 0.6 is 22.9 Å². The smallest absolute Gasteiger partial charge is 0.348 e. The molecule has 0 aromatic carbocycles. The minimum atomic E-state index is -0.264. The number of nitrogens with zero attached hydrogens (tertiary/aromatic N) is 2. The maximum Gasteiger partial charge on any atom is 0.348 e. The minimum Gasteiger partial charge on any atom is -0.455 e. The van der Waals surface area contributed by atoms with Crippen LogP contribution in [-0.2, 0) is 24.2 Å². The molecule has 0 amide bonds. The first-order valence-corrected chi connectivity index (χ1v) is 8.80. The molecule has 0 saturated heterocycles. The van der Waals surface area contributed by atoms with E-state index in [1.54, 1.807) is 23.6 Å². The van der Waals surface area contributed by atoms with E-state index in [0.717, 1.165) is 18.5 Å². The van der Waals surface area contributed by atoms with Crippen molar-refractivity contribution in [3.8, 4) is 0 Å². The summed E-state index contributed by atoms with van der Waals surface area (Å²) < 4.78 is 7.24. The van der Waals surface area contributed by atoms with Gasteiger partial charge < -0.3 is 9.14 Å². The van der Waals surface area contributed by atoms with E-state index in [1.165, 1.54) is 23.3 Å². The Morgan fingerprint density at radius 3 is 3.04 bits per heavy atom. The Labute approximate surface area is 142 Å². The fourth-order valence-electron chi connectivity index (χ4n) is 2.89. The quantitative estimate of drug-likeness (QED) is 0.665. The lowest BCUT2D eigenvalue weighted by Crippen LogP contribution is -2.03. The molecule has 0 bridgehead atoms. The predicted molar refractivity (Wildman–Crippen MR) is 90.3 cm³/mol. The maximum absolute atomic E-state index is 12.2. The molecule has 4 nitrogen and oxygen atoms in total. The van der Waals surface area contributed by atoms with Gasteiger partial charge in [0, 0.05) is 17.3 Å². The van der Waals surface area contributed by atoms with Gasteiger partial charge >= 0.3 is 5.97 Å². The molecule has 0 fully saturated rings. The third-order valence-corrected chi connectivity index (χ3v) is 5.45. The van der Waals surface area contributed by atoms with Crippen LogP contribution in [0.15, 0.2) is 30.6 Å². The molecule has 0 spiro atoms. The Balaban J connectivity index is 1.47. The number of pyridine rings is 1. The van der Waals surface area contributed by atoms with Gasteiger partial charge in [-0.3, -0.25) is 0 Å². The van der Waals surface area contributed by atoms with Crippen LogP contribution in [0.5, 0.6) is 0 Å². The number of halogens is 1. The normalized spacial score (nSPS) is 14.0. The molecule has 118 valence electrons. The number of esters is 1. The highest BCUT2D eigenvalue weighted by atomic mass is 35.5. The summed E-state index contributed by atoms with van der Waals surface area (Å²) in [7, 11) is 0. The van der Waals surface area contributed by atoms with E-state index in [9.17, 15) is 4.79 Å². The molecule has 1 aliphatic carbocycles. The number of imidazole rings is 1. The molecule has 6 heteroatoms. The van der Waals surface area contributed by atoms with Crippen molar-refractivity contribution >= 4 is 34.6 Å². The van der Waals surface area contributed by atoms with Crippen molar-refractivity contribution in [2.75, 3.05) is 0 Å². The minimum absolute atomic E-state index is 0.167. The third kappa shape index (κ3) is 2.99. The molecule has 3 aromatic heterocycles. The first kappa shape index (κ1) is 14.7. The molecule has 0 saturated carbocycles. The molecule has 23 heavy (non-hydrogen) atoms. The Morgan fingerprint density at radius 1 is 1.30 bits per heavy atom. The zero-order valence-corrected chi connectivity index (χ0v) is 14.0. The van der Waals surface area contributed by atoms with Gasteiger partial charge in [0.05, 0.1) is 10.7 Å². The summed E-state index contributed by atoms with van der Waals surface area (Å²) >= 11 is 7.52. The predicted octanol–water partition coefficient (Wildman–Crippen LogP) is 4.29. The van der Waals surface area contributed by atoms with Gasteiger partial charge in [0.2, 0.25) is 0 Å². The molecule has 0 radical (unpaired) electrons. The second-order valence-corrected chi connectivity index (χ2v) is 7.26. The number of thiophene rings is 1. The summed E-state index contributed by atoms with van der Waals surface area (Å²) in [4.78, 5) is 18.7. The fourth-order valence-corrected chi connectivity index (χ4v) is 4.20. The molecule has 0 N–H and O–H groups in total. The highest BCUT2D eigenvalue weighted by Crippen LogP contribution is 2.30. The molecular formula is C17H15ClN2O2S. The number of carbonyl (C=O) groups excluding carboxylic acids is 1. The SMILES string of the molecule is O=C(OCc1cn2cc(Cl)ccc2n1)c1cc2c(s1)CCCC2. The Hall–Kier alpha value is -1.85. The van der Waals surface area contributed by atoms with E-state index in [-0.39, 0.29) is 12.6 Å². The monoisotopic (exact) mass is 346 g/mol. The van der Waals surface area contributed by atoms with Crippen molar-refractivity contribution in [1.29, 1.82) is 0 Å². The number of ether oxygens (including phenoxy) is 1. The molecule has 0 aliphatic heterocycles. The summed E-state index contributed by atoms with van der Waals surface area (Å²) in [5, 5.41) is 0.641. The van der Waals surface area contributed by atoms with Crippen molar-refractivity contribution in [2.24, 2.45) is 0 Å². The van der Waals surface area contributed by atoms with E-state index >= 15 is 0 Å². The lowest BCUT2D eigenvalue weighted by atomic mass is 9.99. The van der Waals surface area contributed by atoms with Crippen molar-refractivity contribution in [2.45, 2.75) is 32.3 Å². The third-order valence-electron chi connectivity index (χ3n) is 4.01. The highest BCUT2D eigenvalue weighted by molar-refractivity contribution is 7.14. The maximum atomic E-state index is 12.2. The van der Waals surface area contributed by atoms with Gasteiger partial charge in [-0.2, -0.15) is 0 Å². The molecular weight excluding hydrogens is 332 g/mol. The summed E-state index contributed by atoms with van der Waals surface area (Å²) in [5.74, 6) is -0.264. The van der Waals surface area contributed by atoms with Crippen molar-refractivity contribution in [1.82, 2.24) is 9.38 Å². The van der Waals surface area contributed by atoms with E-state index < -0.39 is 0 Å². The van der Waals surface area contributed by atoms with Crippen LogP contribution in [0.25, 0.3) is 5.65 Å². The first-order chi connectivity index (χ1) is 11.2. The van der Waals surface area contributed by atoms with Crippen LogP contribution in [0.2, 0.25) is 5.02 Å². The Morgan fingerprint density at radius 2 is 2.17 bits per heavy atom. The second kappa shape index (κ2) is 5.98. The molecule has 3 aromatic rings. The van der Waals surface area contributed by atoms with E-state index in [2.05, 4.69) is 4.98 Å². The van der Waals surface area contributed by atoms with E-state index in [0.29, 0.717) is 15.6 Å². The Bertz CT molecular complexity index is 860. The lowest BCUT2D eigenvalue weighted by Gasteiger charge is -2.08. The van der Waals surface area contributed by atoms with E-state index in [4.69, 9.17) is 16.3 Å². The van der Waals surface area contributed by atoms with Crippen molar-refractivity contribution in [3.05, 3.63) is 56.6 Å². The molecule has 0 atom stereocenters. The van der Waals surface area contributed by atoms with Gasteiger partial charge in [-0.25, -0.2) is 9.78 Å². The van der Waals surface area contributed by atoms with Crippen molar-refractivity contribution in [3.63, 3.8) is 0 Å². The first-order valence-electron chi connectivity index (χ1n) is 7.61. The molecule has 1 aliphatic rings. The molecule has 0 unspecified atom stereocenters. The largest absolute Gasteiger partial charge is 0.455 e. The van der Waals surface area contributed by atoms with Gasteiger partial charge in [-0.05, 0) is 49.4 Å². The van der Waals surface area contributed by atoms with Crippen LogP contribution in [-0.4, -0.2) is 15.4 Å². The van der Waals surface area contributed by atoms with Gasteiger partial charge in [0.15, 0.2) is 0 Å². The fraction of sp³-hybridized carbons (Fsp3) is 0.294. The van der Waals surface area contributed by atoms with Crippen LogP contribution in [0.3, 0.4) is 0 Å². The number of fused-ring (bicyclic) bond motifs is 2. The van der Waals surface area contributed by atoms with Gasteiger partial charge in [-0.15, -0.1) is 11.3 Å². The highest BCUT2D eigenvalue weighted by Gasteiger charge is 2.18. The zero-order valence-electron chi connectivity index (χ0n) is 12.4. The summed E-state index contributed by atoms with van der Waals surface area (Å²) in [6.45, 7) is 0.167. The second-order valence-electron chi connectivity index (χ2n) is 5.69. The zero-order chi connectivity index (χ0) is 15.8. The molecule has 4 rings (SSSR count). The molecule has 3 heterocycles. The number of hydrogen-bond acceptors (Lipinski definition) is 4. The average molecular weight is 347 g/mol. The Kier molecular flexibility index (Phi) is 3.83. The summed E-state index contributed by atoms with van der Waals surface area (Å²) in [6.07, 6.45) is 8.19.